The summed E-state index contributed by atoms with van der Waals surface area (Å²) < 4.78 is 5.25. The lowest BCUT2D eigenvalue weighted by Gasteiger charge is -2.36. The Kier molecular flexibility index (Phi) is 5.41. The molecule has 1 aliphatic rings. The van der Waals surface area contributed by atoms with E-state index in [2.05, 4.69) is 22.8 Å². The Labute approximate surface area is 120 Å². The SMILES string of the molecule is CCNC(=O)CCNC1CC(c2cccc(OC)c2)C1. The van der Waals surface area contributed by atoms with Crippen LogP contribution in [0.3, 0.4) is 0 Å². The molecule has 4 nitrogen and oxygen atoms in total. The van der Waals surface area contributed by atoms with E-state index in [-0.39, 0.29) is 5.91 Å². The lowest BCUT2D eigenvalue weighted by atomic mass is 9.76. The second-order valence-corrected chi connectivity index (χ2v) is 5.30. The highest BCUT2D eigenvalue weighted by Gasteiger charge is 2.29. The van der Waals surface area contributed by atoms with Gasteiger partial charge in [0.05, 0.1) is 7.11 Å². The molecule has 110 valence electrons. The number of hydrogen-bond donors (Lipinski definition) is 2. The minimum atomic E-state index is 0.128. The average molecular weight is 276 g/mol. The normalized spacial score (nSPS) is 21.1. The van der Waals surface area contributed by atoms with Crippen LogP contribution in [0, 0.1) is 0 Å². The van der Waals surface area contributed by atoms with Crippen molar-refractivity contribution in [2.45, 2.75) is 38.1 Å². The molecule has 0 radical (unpaired) electrons. The molecule has 0 heterocycles. The van der Waals surface area contributed by atoms with Crippen molar-refractivity contribution in [2.24, 2.45) is 0 Å². The fraction of sp³-hybridized carbons (Fsp3) is 0.562. The first kappa shape index (κ1) is 14.9. The zero-order valence-corrected chi connectivity index (χ0v) is 12.3. The van der Waals surface area contributed by atoms with Crippen molar-refractivity contribution in [2.75, 3.05) is 20.2 Å². The second kappa shape index (κ2) is 7.29. The van der Waals surface area contributed by atoms with Crippen LogP contribution in [-0.2, 0) is 4.79 Å². The fourth-order valence-corrected chi connectivity index (χ4v) is 2.63. The number of nitrogens with one attached hydrogen (secondary N) is 2. The smallest absolute Gasteiger partial charge is 0.221 e. The van der Waals surface area contributed by atoms with Gasteiger partial charge in [-0.05, 0) is 43.4 Å². The summed E-state index contributed by atoms with van der Waals surface area (Å²) >= 11 is 0. The molecule has 1 aromatic carbocycles. The highest BCUT2D eigenvalue weighted by molar-refractivity contribution is 5.75. The molecule has 0 atom stereocenters. The fourth-order valence-electron chi connectivity index (χ4n) is 2.63. The first-order valence-electron chi connectivity index (χ1n) is 7.37. The molecule has 0 unspecified atom stereocenters. The van der Waals surface area contributed by atoms with Crippen molar-refractivity contribution in [1.29, 1.82) is 0 Å². The molecule has 4 heteroatoms. The number of carbonyl (C=O) groups excluding carboxylic acids is 1. The predicted molar refractivity (Wildman–Crippen MR) is 80.1 cm³/mol. The predicted octanol–water partition coefficient (Wildman–Crippen LogP) is 2.06. The van der Waals surface area contributed by atoms with Crippen LogP contribution in [0.25, 0.3) is 0 Å². The van der Waals surface area contributed by atoms with Gasteiger partial charge in [-0.1, -0.05) is 12.1 Å². The van der Waals surface area contributed by atoms with Crippen molar-refractivity contribution in [3.63, 3.8) is 0 Å². The van der Waals surface area contributed by atoms with Crippen LogP contribution >= 0.6 is 0 Å². The van der Waals surface area contributed by atoms with E-state index in [0.29, 0.717) is 24.9 Å². The largest absolute Gasteiger partial charge is 0.497 e. The van der Waals surface area contributed by atoms with Crippen LogP contribution in [0.1, 0.15) is 37.7 Å². The Bertz CT molecular complexity index is 442. The summed E-state index contributed by atoms with van der Waals surface area (Å²) in [6.45, 7) is 3.41. The third-order valence-electron chi connectivity index (χ3n) is 3.86. The highest BCUT2D eigenvalue weighted by Crippen LogP contribution is 2.37. The van der Waals surface area contributed by atoms with Gasteiger partial charge in [-0.25, -0.2) is 0 Å². The number of ether oxygens (including phenoxy) is 1. The van der Waals surface area contributed by atoms with Gasteiger partial charge in [0.1, 0.15) is 5.75 Å². The summed E-state index contributed by atoms with van der Waals surface area (Å²) in [7, 11) is 1.70. The minimum Gasteiger partial charge on any atom is -0.497 e. The Morgan fingerprint density at radius 3 is 2.90 bits per heavy atom. The number of hydrogen-bond acceptors (Lipinski definition) is 3. The van der Waals surface area contributed by atoms with Crippen molar-refractivity contribution in [3.05, 3.63) is 29.8 Å². The molecule has 0 aliphatic heterocycles. The quantitative estimate of drug-likeness (QED) is 0.801. The summed E-state index contributed by atoms with van der Waals surface area (Å²) in [5, 5.41) is 6.25. The molecule has 1 aromatic rings. The van der Waals surface area contributed by atoms with Gasteiger partial charge in [0.15, 0.2) is 0 Å². The molecule has 1 amide bonds. The molecule has 1 fully saturated rings. The maximum atomic E-state index is 11.3. The van der Waals surface area contributed by atoms with E-state index in [1.165, 1.54) is 5.56 Å². The van der Waals surface area contributed by atoms with Crippen LogP contribution in [-0.4, -0.2) is 32.1 Å². The Morgan fingerprint density at radius 1 is 1.40 bits per heavy atom. The Balaban J connectivity index is 1.68. The molecule has 0 aromatic heterocycles. The summed E-state index contributed by atoms with van der Waals surface area (Å²) in [5.74, 6) is 1.67. The van der Waals surface area contributed by atoms with Crippen LogP contribution in [0.15, 0.2) is 24.3 Å². The van der Waals surface area contributed by atoms with E-state index in [1.54, 1.807) is 7.11 Å². The van der Waals surface area contributed by atoms with E-state index < -0.39 is 0 Å². The summed E-state index contributed by atoms with van der Waals surface area (Å²) in [6.07, 6.45) is 2.85. The molecule has 0 saturated heterocycles. The van der Waals surface area contributed by atoms with Crippen molar-refractivity contribution in [3.8, 4) is 5.75 Å². The maximum absolute atomic E-state index is 11.3. The van der Waals surface area contributed by atoms with Crippen LogP contribution in [0.5, 0.6) is 5.75 Å². The van der Waals surface area contributed by atoms with Gasteiger partial charge in [0, 0.05) is 25.6 Å². The van der Waals surface area contributed by atoms with Gasteiger partial charge in [-0.3, -0.25) is 4.79 Å². The zero-order valence-electron chi connectivity index (χ0n) is 12.3. The summed E-state index contributed by atoms with van der Waals surface area (Å²) in [4.78, 5) is 11.3. The monoisotopic (exact) mass is 276 g/mol. The maximum Gasteiger partial charge on any atom is 0.221 e. The standard InChI is InChI=1S/C16H24N2O2/c1-3-17-16(19)7-8-18-14-9-13(10-14)12-5-4-6-15(11-12)20-2/h4-6,11,13-14,18H,3,7-10H2,1-2H3,(H,17,19). The topological polar surface area (TPSA) is 50.4 Å². The number of amides is 1. The van der Waals surface area contributed by atoms with Crippen LogP contribution < -0.4 is 15.4 Å². The second-order valence-electron chi connectivity index (χ2n) is 5.30. The van der Waals surface area contributed by atoms with Crippen LogP contribution in [0.4, 0.5) is 0 Å². The summed E-state index contributed by atoms with van der Waals surface area (Å²) in [5.41, 5.74) is 1.35. The van der Waals surface area contributed by atoms with Gasteiger partial charge in [0.25, 0.3) is 0 Å². The number of rotatable bonds is 7. The number of carbonyl (C=O) groups is 1. The molecule has 2 rings (SSSR count). The molecular weight excluding hydrogens is 252 g/mol. The lowest BCUT2D eigenvalue weighted by molar-refractivity contribution is -0.120. The van der Waals surface area contributed by atoms with Gasteiger partial charge >= 0.3 is 0 Å². The number of benzene rings is 1. The van der Waals surface area contributed by atoms with E-state index in [4.69, 9.17) is 4.74 Å². The molecule has 1 saturated carbocycles. The third-order valence-corrected chi connectivity index (χ3v) is 3.86. The first-order chi connectivity index (χ1) is 9.72. The first-order valence-corrected chi connectivity index (χ1v) is 7.37. The minimum absolute atomic E-state index is 0.128. The summed E-state index contributed by atoms with van der Waals surface area (Å²) in [6, 6.07) is 8.85. The van der Waals surface area contributed by atoms with Crippen LogP contribution in [0.2, 0.25) is 0 Å². The lowest BCUT2D eigenvalue weighted by Crippen LogP contribution is -2.41. The third kappa shape index (κ3) is 3.97. The van der Waals surface area contributed by atoms with E-state index in [1.807, 2.05) is 19.1 Å². The van der Waals surface area contributed by atoms with Crippen molar-refractivity contribution < 1.29 is 9.53 Å². The highest BCUT2D eigenvalue weighted by atomic mass is 16.5. The number of methoxy groups -OCH3 is 1. The van der Waals surface area contributed by atoms with E-state index in [9.17, 15) is 4.79 Å². The van der Waals surface area contributed by atoms with Gasteiger partial charge in [-0.15, -0.1) is 0 Å². The van der Waals surface area contributed by atoms with Gasteiger partial charge in [-0.2, -0.15) is 0 Å². The van der Waals surface area contributed by atoms with E-state index in [0.717, 1.165) is 25.1 Å². The molecule has 0 bridgehead atoms. The Morgan fingerprint density at radius 2 is 2.20 bits per heavy atom. The Hall–Kier alpha value is -1.55. The van der Waals surface area contributed by atoms with E-state index >= 15 is 0 Å². The van der Waals surface area contributed by atoms with Crippen molar-refractivity contribution >= 4 is 5.91 Å². The van der Waals surface area contributed by atoms with Gasteiger partial charge in [0.2, 0.25) is 5.91 Å². The average Bonchev–Trinajstić information content (AvgIpc) is 2.41. The molecule has 20 heavy (non-hydrogen) atoms. The zero-order chi connectivity index (χ0) is 14.4. The molecule has 1 aliphatic carbocycles. The molecular formula is C16H24N2O2. The molecule has 0 spiro atoms. The van der Waals surface area contributed by atoms with Gasteiger partial charge < -0.3 is 15.4 Å². The van der Waals surface area contributed by atoms with Crippen molar-refractivity contribution in [1.82, 2.24) is 10.6 Å². The molecule has 2 N–H and O–H groups in total.